The summed E-state index contributed by atoms with van der Waals surface area (Å²) < 4.78 is 15.5. The van der Waals surface area contributed by atoms with Crippen LogP contribution in [0.5, 0.6) is 17.2 Å². The molecule has 1 aliphatic rings. The van der Waals surface area contributed by atoms with Gasteiger partial charge in [-0.15, -0.1) is 0 Å². The highest BCUT2D eigenvalue weighted by molar-refractivity contribution is 6.11. The minimum atomic E-state index is -2.43. The summed E-state index contributed by atoms with van der Waals surface area (Å²) in [5.41, 5.74) is 4.11. The van der Waals surface area contributed by atoms with E-state index in [1.807, 2.05) is 0 Å². The summed E-state index contributed by atoms with van der Waals surface area (Å²) in [4.78, 5) is 77.4. The van der Waals surface area contributed by atoms with Gasteiger partial charge in [-0.1, -0.05) is 25.1 Å². The molecule has 0 aliphatic carbocycles. The highest BCUT2D eigenvalue weighted by Gasteiger charge is 2.59. The van der Waals surface area contributed by atoms with Crippen molar-refractivity contribution in [1.82, 2.24) is 10.2 Å². The number of benzene rings is 2. The number of nitrogens with two attached hydrogens (primary N) is 1. The summed E-state index contributed by atoms with van der Waals surface area (Å²) in [6.45, 7) is 4.73. The molecule has 0 bridgehead atoms. The van der Waals surface area contributed by atoms with Crippen molar-refractivity contribution in [2.45, 2.75) is 45.8 Å². The number of carboxylic acid groups (broad SMARTS) is 1. The standard InChI is InChI=1S/C26H28N4O10/c1-5-11-29-23(34)26(28-24(35)36,22(27)30(25(29)37)18-9-7-6-8-10-18)17-12-19(38-14(2)31)21(40-16(4)33)20(13-17)39-15(3)32/h6-10,12-13,22,28H,5,11,27H2,1-4H3,(H,35,36). The quantitative estimate of drug-likeness (QED) is 0.318. The van der Waals surface area contributed by atoms with Crippen LogP contribution in [-0.4, -0.2) is 58.7 Å². The molecular weight excluding hydrogens is 528 g/mol. The number of imide groups is 1. The summed E-state index contributed by atoms with van der Waals surface area (Å²) in [5.74, 6) is -5.11. The third kappa shape index (κ3) is 5.71. The Bertz CT molecular complexity index is 1330. The van der Waals surface area contributed by atoms with E-state index in [4.69, 9.17) is 19.9 Å². The Morgan fingerprint density at radius 3 is 1.93 bits per heavy atom. The van der Waals surface area contributed by atoms with Crippen molar-refractivity contribution < 1.29 is 48.1 Å². The lowest BCUT2D eigenvalue weighted by molar-refractivity contribution is -0.138. The molecule has 212 valence electrons. The Morgan fingerprint density at radius 1 is 0.950 bits per heavy atom. The first-order valence-corrected chi connectivity index (χ1v) is 12.0. The van der Waals surface area contributed by atoms with Gasteiger partial charge in [0.1, 0.15) is 6.17 Å². The zero-order chi connectivity index (χ0) is 29.8. The largest absolute Gasteiger partial charge is 0.465 e. The summed E-state index contributed by atoms with van der Waals surface area (Å²) in [7, 11) is 0. The zero-order valence-corrected chi connectivity index (χ0v) is 22.1. The number of ether oxygens (including phenoxy) is 3. The van der Waals surface area contributed by atoms with E-state index in [0.29, 0.717) is 6.42 Å². The van der Waals surface area contributed by atoms with Crippen LogP contribution in [0, 0.1) is 0 Å². The van der Waals surface area contributed by atoms with Crippen LogP contribution in [0.15, 0.2) is 42.5 Å². The van der Waals surface area contributed by atoms with Crippen molar-refractivity contribution in [1.29, 1.82) is 0 Å². The summed E-state index contributed by atoms with van der Waals surface area (Å²) in [6, 6.07) is 9.30. The number of carbonyl (C=O) groups is 6. The Balaban J connectivity index is 2.43. The second kappa shape index (κ2) is 11.8. The van der Waals surface area contributed by atoms with Crippen molar-refractivity contribution in [3.8, 4) is 17.2 Å². The Morgan fingerprint density at radius 2 is 1.48 bits per heavy atom. The van der Waals surface area contributed by atoms with E-state index in [0.717, 1.165) is 42.7 Å². The monoisotopic (exact) mass is 556 g/mol. The first-order valence-electron chi connectivity index (χ1n) is 12.0. The molecule has 1 aliphatic heterocycles. The number of para-hydroxylation sites is 1. The van der Waals surface area contributed by atoms with Crippen molar-refractivity contribution in [2.75, 3.05) is 11.4 Å². The maximum atomic E-state index is 14.1. The van der Waals surface area contributed by atoms with Crippen molar-refractivity contribution >= 4 is 41.6 Å². The van der Waals surface area contributed by atoms with Crippen LogP contribution < -0.4 is 30.2 Å². The SMILES string of the molecule is CCCN1C(=O)N(c2ccccc2)C(N)C(NC(=O)O)(c2cc(OC(C)=O)c(OC(C)=O)c(OC(C)=O)c2)C1=O. The van der Waals surface area contributed by atoms with Gasteiger partial charge in [0.25, 0.3) is 5.91 Å². The Hall–Kier alpha value is -4.98. The molecule has 0 saturated carbocycles. The van der Waals surface area contributed by atoms with Crippen molar-refractivity contribution in [3.63, 3.8) is 0 Å². The molecule has 1 fully saturated rings. The van der Waals surface area contributed by atoms with Gasteiger partial charge < -0.3 is 30.4 Å². The number of rotatable bonds is 8. The van der Waals surface area contributed by atoms with Crippen LogP contribution in [-0.2, 0) is 24.7 Å². The normalized spacial score (nSPS) is 18.7. The lowest BCUT2D eigenvalue weighted by atomic mass is 9.82. The molecule has 14 heteroatoms. The predicted molar refractivity (Wildman–Crippen MR) is 138 cm³/mol. The smallest absolute Gasteiger partial charge is 0.405 e. The number of nitrogens with zero attached hydrogens (tertiary/aromatic N) is 2. The minimum absolute atomic E-state index is 0.101. The summed E-state index contributed by atoms with van der Waals surface area (Å²) in [5, 5.41) is 12.0. The third-order valence-electron chi connectivity index (χ3n) is 5.76. The van der Waals surface area contributed by atoms with Crippen LogP contribution in [0.2, 0.25) is 0 Å². The highest BCUT2D eigenvalue weighted by atomic mass is 16.6. The average Bonchev–Trinajstić information content (AvgIpc) is 2.86. The number of nitrogens with one attached hydrogen (secondary N) is 1. The lowest BCUT2D eigenvalue weighted by Crippen LogP contribution is -2.77. The van der Waals surface area contributed by atoms with Gasteiger partial charge in [0.05, 0.1) is 0 Å². The number of carbonyl (C=O) groups excluding carboxylic acids is 5. The Kier molecular flexibility index (Phi) is 8.74. The van der Waals surface area contributed by atoms with E-state index in [9.17, 15) is 33.9 Å². The molecule has 2 aromatic rings. The van der Waals surface area contributed by atoms with Gasteiger partial charge >= 0.3 is 30.0 Å². The topological polar surface area (TPSA) is 195 Å². The van der Waals surface area contributed by atoms with Crippen LogP contribution in [0.4, 0.5) is 15.3 Å². The number of anilines is 1. The molecule has 4 N–H and O–H groups in total. The molecule has 2 atom stereocenters. The second-order valence-electron chi connectivity index (χ2n) is 8.71. The van der Waals surface area contributed by atoms with Gasteiger partial charge in [-0.05, 0) is 36.2 Å². The fraction of sp³-hybridized carbons (Fsp3) is 0.308. The van der Waals surface area contributed by atoms with Crippen LogP contribution in [0.1, 0.15) is 39.7 Å². The molecule has 0 radical (unpaired) electrons. The van der Waals surface area contributed by atoms with Gasteiger partial charge in [0.15, 0.2) is 17.0 Å². The van der Waals surface area contributed by atoms with Crippen molar-refractivity contribution in [3.05, 3.63) is 48.0 Å². The van der Waals surface area contributed by atoms with E-state index < -0.39 is 64.9 Å². The van der Waals surface area contributed by atoms with E-state index >= 15 is 0 Å². The molecular formula is C26H28N4O10. The molecule has 0 spiro atoms. The molecule has 2 unspecified atom stereocenters. The predicted octanol–water partition coefficient (Wildman–Crippen LogP) is 2.09. The molecule has 2 aromatic carbocycles. The number of amides is 4. The number of hydrogen-bond acceptors (Lipinski definition) is 10. The van der Waals surface area contributed by atoms with Gasteiger partial charge in [0.2, 0.25) is 5.75 Å². The minimum Gasteiger partial charge on any atom is -0.465 e. The molecule has 1 saturated heterocycles. The van der Waals surface area contributed by atoms with Crippen LogP contribution in [0.3, 0.4) is 0 Å². The fourth-order valence-electron chi connectivity index (χ4n) is 4.32. The Labute approximate surface area is 228 Å². The summed E-state index contributed by atoms with van der Waals surface area (Å²) in [6.07, 6.45) is -3.06. The molecule has 1 heterocycles. The highest BCUT2D eigenvalue weighted by Crippen LogP contribution is 2.45. The maximum absolute atomic E-state index is 14.1. The van der Waals surface area contributed by atoms with Gasteiger partial charge in [-0.2, -0.15) is 0 Å². The number of hydrogen-bond donors (Lipinski definition) is 3. The molecule has 4 amide bonds. The third-order valence-corrected chi connectivity index (χ3v) is 5.76. The van der Waals surface area contributed by atoms with Gasteiger partial charge in [-0.3, -0.25) is 29.0 Å². The van der Waals surface area contributed by atoms with Gasteiger partial charge in [-0.25, -0.2) is 9.59 Å². The van der Waals surface area contributed by atoms with Gasteiger partial charge in [0, 0.05) is 33.0 Å². The van der Waals surface area contributed by atoms with E-state index in [2.05, 4.69) is 5.32 Å². The number of esters is 3. The lowest BCUT2D eigenvalue weighted by Gasteiger charge is -2.50. The molecule has 40 heavy (non-hydrogen) atoms. The van der Waals surface area contributed by atoms with Crippen LogP contribution in [0.25, 0.3) is 0 Å². The van der Waals surface area contributed by atoms with Crippen LogP contribution >= 0.6 is 0 Å². The zero-order valence-electron chi connectivity index (χ0n) is 22.1. The second-order valence-corrected chi connectivity index (χ2v) is 8.71. The van der Waals surface area contributed by atoms with Crippen molar-refractivity contribution in [2.24, 2.45) is 5.73 Å². The first-order chi connectivity index (χ1) is 18.8. The molecule has 0 aromatic heterocycles. The number of urea groups is 1. The molecule has 14 nitrogen and oxygen atoms in total. The average molecular weight is 557 g/mol. The van der Waals surface area contributed by atoms with E-state index in [1.54, 1.807) is 37.3 Å². The summed E-state index contributed by atoms with van der Waals surface area (Å²) >= 11 is 0. The molecule has 3 rings (SSSR count). The fourth-order valence-corrected chi connectivity index (χ4v) is 4.32. The van der Waals surface area contributed by atoms with E-state index in [-0.39, 0.29) is 17.8 Å². The first kappa shape index (κ1) is 29.6. The van der Waals surface area contributed by atoms with E-state index in [1.165, 1.54) is 0 Å². The maximum Gasteiger partial charge on any atom is 0.405 e.